The number of hydrogen-bond donors (Lipinski definition) is 2. The van der Waals surface area contributed by atoms with Gasteiger partial charge in [-0.1, -0.05) is 4.68 Å². The van der Waals surface area contributed by atoms with Crippen molar-refractivity contribution in [3.63, 3.8) is 0 Å². The number of hydrogen-bond acceptors (Lipinski definition) is 6. The highest BCUT2D eigenvalue weighted by molar-refractivity contribution is 6.22. The van der Waals surface area contributed by atoms with Crippen LogP contribution in [0.2, 0.25) is 0 Å². The molecule has 1 atom stereocenters. The summed E-state index contributed by atoms with van der Waals surface area (Å²) in [4.78, 5) is 50.6. The lowest BCUT2D eigenvalue weighted by molar-refractivity contribution is -0.746. The van der Waals surface area contributed by atoms with Gasteiger partial charge < -0.3 is 5.73 Å². The molecular weight excluding hydrogens is 342 g/mol. The first-order valence-corrected chi connectivity index (χ1v) is 7.83. The number of nitrogens with one attached hydrogen (secondary N) is 1. The van der Waals surface area contributed by atoms with Gasteiger partial charge in [-0.3, -0.25) is 23.8 Å². The number of anilines is 1. The number of imide groups is 1. The molecule has 3 rings (SSSR count). The third kappa shape index (κ3) is 3.02. The molecule has 1 saturated heterocycles. The zero-order valence-electron chi connectivity index (χ0n) is 14.3. The van der Waals surface area contributed by atoms with Crippen LogP contribution in [0, 0.1) is 0 Å². The van der Waals surface area contributed by atoms with Crippen LogP contribution in [0.4, 0.5) is 5.69 Å². The molecule has 1 fully saturated rings. The largest absolute Gasteiger partial charge is 0.431 e. The molecule has 10 nitrogen and oxygen atoms in total. The number of amides is 3. The van der Waals surface area contributed by atoms with Crippen molar-refractivity contribution >= 4 is 23.4 Å². The number of carbonyl (C=O) groups excluding carboxylic acids is 3. The molecule has 0 saturated carbocycles. The molecule has 10 heteroatoms. The Morgan fingerprint density at radius 1 is 1.35 bits per heavy atom. The second-order valence-corrected chi connectivity index (χ2v) is 6.10. The number of primary amides is 1. The molecule has 136 valence electrons. The summed E-state index contributed by atoms with van der Waals surface area (Å²) in [5.74, 6) is -1.34. The molecule has 3 amide bonds. The topological polar surface area (TPSA) is 134 Å². The summed E-state index contributed by atoms with van der Waals surface area (Å²) < 4.78 is 6.10. The highest BCUT2D eigenvalue weighted by Crippen LogP contribution is 2.25. The smallest absolute Gasteiger partial charge is 0.366 e. The first-order valence-electron chi connectivity index (χ1n) is 7.83. The van der Waals surface area contributed by atoms with Gasteiger partial charge in [-0.2, -0.15) is 0 Å². The molecule has 0 bridgehead atoms. The Balaban J connectivity index is 1.80. The molecule has 1 aromatic heterocycles. The molecule has 1 aromatic carbocycles. The molecule has 2 heterocycles. The normalized spacial score (nSPS) is 17.3. The Bertz CT molecular complexity index is 929. The number of aromatic amines is 1. The minimum atomic E-state index is -0.701. The fourth-order valence-corrected chi connectivity index (χ4v) is 2.88. The van der Waals surface area contributed by atoms with Crippen molar-refractivity contribution < 1.29 is 23.6 Å². The van der Waals surface area contributed by atoms with Crippen LogP contribution in [0.5, 0.6) is 0 Å². The maximum absolute atomic E-state index is 12.7. The summed E-state index contributed by atoms with van der Waals surface area (Å²) in [5, 5.41) is 2.40. The first-order chi connectivity index (χ1) is 12.3. The van der Waals surface area contributed by atoms with E-state index in [0.29, 0.717) is 11.4 Å². The van der Waals surface area contributed by atoms with E-state index >= 15 is 0 Å². The Hall–Kier alpha value is -3.27. The molecule has 0 radical (unpaired) electrons. The second-order valence-electron chi connectivity index (χ2n) is 6.10. The van der Waals surface area contributed by atoms with Crippen LogP contribution in [0.15, 0.2) is 33.6 Å². The van der Waals surface area contributed by atoms with Crippen LogP contribution in [-0.2, 0) is 23.2 Å². The van der Waals surface area contributed by atoms with Gasteiger partial charge in [0.15, 0.2) is 7.05 Å². The van der Waals surface area contributed by atoms with E-state index in [9.17, 15) is 19.2 Å². The lowest BCUT2D eigenvalue weighted by Crippen LogP contribution is -2.44. The predicted molar refractivity (Wildman–Crippen MR) is 87.8 cm³/mol. The summed E-state index contributed by atoms with van der Waals surface area (Å²) >= 11 is 0. The highest BCUT2D eigenvalue weighted by atomic mass is 16.5. The SMILES string of the molecule is CN(Cc1c(=O)o[nH][n+]1C)C1CC(=O)N(c2ccc(C(N)=O)cc2)C1=O. The van der Waals surface area contributed by atoms with Gasteiger partial charge in [0.2, 0.25) is 11.8 Å². The van der Waals surface area contributed by atoms with Crippen LogP contribution in [0.3, 0.4) is 0 Å². The number of nitrogens with zero attached hydrogens (tertiary/aromatic N) is 3. The Kier molecular flexibility index (Phi) is 4.43. The van der Waals surface area contributed by atoms with Crippen LogP contribution >= 0.6 is 0 Å². The molecule has 1 unspecified atom stereocenters. The fourth-order valence-electron chi connectivity index (χ4n) is 2.88. The lowest BCUT2D eigenvalue weighted by Gasteiger charge is -2.20. The minimum absolute atomic E-state index is 0.00756. The van der Waals surface area contributed by atoms with Crippen LogP contribution in [0.25, 0.3) is 0 Å². The average Bonchev–Trinajstić information content (AvgIpc) is 3.08. The number of aryl methyl sites for hydroxylation is 1. The van der Waals surface area contributed by atoms with E-state index in [2.05, 4.69) is 9.79 Å². The third-order valence-corrected chi connectivity index (χ3v) is 4.38. The fraction of sp³-hybridized carbons (Fsp3) is 0.312. The van der Waals surface area contributed by atoms with Gasteiger partial charge in [-0.25, -0.2) is 9.69 Å². The minimum Gasteiger partial charge on any atom is -0.366 e. The molecular formula is C16H18N5O5+. The number of rotatable bonds is 5. The van der Waals surface area contributed by atoms with Gasteiger partial charge in [0.05, 0.1) is 24.7 Å². The van der Waals surface area contributed by atoms with Gasteiger partial charge in [-0.05, 0) is 36.6 Å². The van der Waals surface area contributed by atoms with Crippen molar-refractivity contribution in [1.82, 2.24) is 10.2 Å². The molecule has 3 N–H and O–H groups in total. The number of carbonyl (C=O) groups is 3. The number of benzene rings is 1. The van der Waals surface area contributed by atoms with E-state index in [-0.39, 0.29) is 24.4 Å². The van der Waals surface area contributed by atoms with E-state index in [4.69, 9.17) is 5.73 Å². The van der Waals surface area contributed by atoms with E-state index in [1.54, 1.807) is 19.0 Å². The number of nitrogens with two attached hydrogens (primary N) is 1. The Morgan fingerprint density at radius 3 is 2.54 bits per heavy atom. The highest BCUT2D eigenvalue weighted by Gasteiger charge is 2.42. The monoisotopic (exact) mass is 360 g/mol. The van der Waals surface area contributed by atoms with E-state index in [0.717, 1.165) is 4.90 Å². The number of H-pyrrole nitrogens is 1. The lowest BCUT2D eigenvalue weighted by atomic mass is 10.2. The van der Waals surface area contributed by atoms with Crippen molar-refractivity contribution in [2.75, 3.05) is 11.9 Å². The molecule has 1 aliphatic heterocycles. The molecule has 1 aliphatic rings. The standard InChI is InChI=1S/C16H17N5O5/c1-19(8-12-16(25)26-18-20(12)2)11-7-13(22)21(15(11)24)10-5-3-9(4-6-10)14(17)23/h3-6,11H,7-8H2,1-2H3,(H2-,17,18,23,25)/p+1. The summed E-state index contributed by atoms with van der Waals surface area (Å²) in [5.41, 5.74) is 5.64. The van der Waals surface area contributed by atoms with Crippen molar-refractivity contribution in [3.05, 3.63) is 45.9 Å². The second kappa shape index (κ2) is 6.56. The Morgan fingerprint density at radius 2 is 2.00 bits per heavy atom. The molecule has 0 aliphatic carbocycles. The van der Waals surface area contributed by atoms with Crippen molar-refractivity contribution in [1.29, 1.82) is 0 Å². The summed E-state index contributed by atoms with van der Waals surface area (Å²) in [6.07, 6.45) is -0.00756. The van der Waals surface area contributed by atoms with Gasteiger partial charge >= 0.3 is 11.3 Å². The van der Waals surface area contributed by atoms with E-state index in [1.165, 1.54) is 28.9 Å². The van der Waals surface area contributed by atoms with Crippen molar-refractivity contribution in [3.8, 4) is 0 Å². The van der Waals surface area contributed by atoms with Crippen LogP contribution in [-0.4, -0.2) is 41.0 Å². The van der Waals surface area contributed by atoms with Crippen LogP contribution in [0.1, 0.15) is 22.5 Å². The molecule has 0 spiro atoms. The first kappa shape index (κ1) is 17.5. The zero-order chi connectivity index (χ0) is 19.0. The average molecular weight is 360 g/mol. The quantitative estimate of drug-likeness (QED) is 0.500. The summed E-state index contributed by atoms with van der Waals surface area (Å²) in [6, 6.07) is 5.21. The van der Waals surface area contributed by atoms with Gasteiger partial charge in [0.25, 0.3) is 5.91 Å². The van der Waals surface area contributed by atoms with Crippen LogP contribution < -0.4 is 20.9 Å². The summed E-state index contributed by atoms with van der Waals surface area (Å²) in [7, 11) is 3.27. The van der Waals surface area contributed by atoms with Crippen molar-refractivity contribution in [2.24, 2.45) is 12.8 Å². The molecule has 2 aromatic rings. The maximum Gasteiger partial charge on any atom is 0.431 e. The number of aromatic nitrogens is 2. The zero-order valence-corrected chi connectivity index (χ0v) is 14.3. The van der Waals surface area contributed by atoms with Gasteiger partial charge in [0.1, 0.15) is 0 Å². The Labute approximate surface area is 147 Å². The van der Waals surface area contributed by atoms with Gasteiger partial charge in [0, 0.05) is 5.56 Å². The summed E-state index contributed by atoms with van der Waals surface area (Å²) in [6.45, 7) is 0.139. The van der Waals surface area contributed by atoms with E-state index in [1.807, 2.05) is 0 Å². The van der Waals surface area contributed by atoms with E-state index < -0.39 is 23.5 Å². The maximum atomic E-state index is 12.7. The number of likely N-dealkylation sites (N-methyl/N-ethyl adjacent to an activating group) is 1. The third-order valence-electron chi connectivity index (χ3n) is 4.38. The van der Waals surface area contributed by atoms with Crippen molar-refractivity contribution in [2.45, 2.75) is 19.0 Å². The predicted octanol–water partition coefficient (Wildman–Crippen LogP) is -1.34. The van der Waals surface area contributed by atoms with Gasteiger partial charge in [-0.15, -0.1) is 0 Å². The molecule has 26 heavy (non-hydrogen) atoms.